The Morgan fingerprint density at radius 1 is 1.09 bits per heavy atom. The van der Waals surface area contributed by atoms with Gasteiger partial charge < -0.3 is 19.2 Å². The van der Waals surface area contributed by atoms with Gasteiger partial charge in [0.05, 0.1) is 18.0 Å². The smallest absolute Gasteiger partial charge is 0.375 e. The number of hydrogen-bond acceptors (Lipinski definition) is 6. The van der Waals surface area contributed by atoms with Crippen molar-refractivity contribution in [2.24, 2.45) is 0 Å². The molecule has 0 spiro atoms. The van der Waals surface area contributed by atoms with Crippen LogP contribution in [0.5, 0.6) is 0 Å². The number of amides is 2. The first kappa shape index (κ1) is 21.6. The van der Waals surface area contributed by atoms with Gasteiger partial charge in [0.25, 0.3) is 5.91 Å². The van der Waals surface area contributed by atoms with E-state index in [2.05, 4.69) is 5.32 Å². The SMILES string of the molecule is CCOCc1c(C(=O)OCC(=O)N2c3ccccc3NC(=O)C2(C)C)oc2ccccc12. The molecule has 0 atom stereocenters. The van der Waals surface area contributed by atoms with Crippen LogP contribution in [0.25, 0.3) is 11.0 Å². The van der Waals surface area contributed by atoms with E-state index < -0.39 is 24.0 Å². The summed E-state index contributed by atoms with van der Waals surface area (Å²) in [4.78, 5) is 39.8. The van der Waals surface area contributed by atoms with Crippen LogP contribution in [0, 0.1) is 0 Å². The molecule has 0 saturated heterocycles. The summed E-state index contributed by atoms with van der Waals surface area (Å²) in [5, 5.41) is 3.55. The van der Waals surface area contributed by atoms with Gasteiger partial charge in [0.15, 0.2) is 6.61 Å². The maximum atomic E-state index is 13.1. The summed E-state index contributed by atoms with van der Waals surface area (Å²) >= 11 is 0. The largest absolute Gasteiger partial charge is 0.450 e. The first-order valence-electron chi connectivity index (χ1n) is 10.3. The fraction of sp³-hybridized carbons (Fsp3) is 0.292. The van der Waals surface area contributed by atoms with Crippen LogP contribution in [0.3, 0.4) is 0 Å². The molecule has 8 nitrogen and oxygen atoms in total. The van der Waals surface area contributed by atoms with E-state index in [4.69, 9.17) is 13.9 Å². The molecule has 0 saturated carbocycles. The van der Waals surface area contributed by atoms with E-state index in [0.29, 0.717) is 29.1 Å². The standard InChI is InChI=1S/C24H24N2O6/c1-4-30-13-16-15-9-5-8-12-19(15)32-21(16)22(28)31-14-20(27)26-18-11-7-6-10-17(18)25-23(29)24(26,2)3/h5-12H,4,13-14H2,1-3H3,(H,25,29). The van der Waals surface area contributed by atoms with Crippen molar-refractivity contribution in [3.8, 4) is 0 Å². The Bertz CT molecular complexity index is 1200. The number of nitrogens with one attached hydrogen (secondary N) is 1. The van der Waals surface area contributed by atoms with Gasteiger partial charge in [-0.25, -0.2) is 4.79 Å². The van der Waals surface area contributed by atoms with Gasteiger partial charge in [-0.15, -0.1) is 0 Å². The zero-order chi connectivity index (χ0) is 22.9. The summed E-state index contributed by atoms with van der Waals surface area (Å²) in [6, 6.07) is 14.2. The number of rotatable bonds is 6. The zero-order valence-electron chi connectivity index (χ0n) is 18.1. The van der Waals surface area contributed by atoms with Crippen molar-refractivity contribution in [1.29, 1.82) is 0 Å². The fourth-order valence-corrected chi connectivity index (χ4v) is 3.77. The van der Waals surface area contributed by atoms with Crippen LogP contribution in [0.2, 0.25) is 0 Å². The number of fused-ring (bicyclic) bond motifs is 2. The third kappa shape index (κ3) is 3.73. The zero-order valence-corrected chi connectivity index (χ0v) is 18.1. The molecule has 2 heterocycles. The van der Waals surface area contributed by atoms with Crippen LogP contribution in [-0.2, 0) is 25.7 Å². The Hall–Kier alpha value is -3.65. The van der Waals surface area contributed by atoms with Crippen molar-refractivity contribution in [2.75, 3.05) is 23.4 Å². The number of nitrogens with zero attached hydrogens (tertiary/aromatic N) is 1. The van der Waals surface area contributed by atoms with Gasteiger partial charge in [-0.05, 0) is 39.0 Å². The third-order valence-corrected chi connectivity index (χ3v) is 5.42. The summed E-state index contributed by atoms with van der Waals surface area (Å²) in [6.45, 7) is 5.23. The lowest BCUT2D eigenvalue weighted by molar-refractivity contribution is -0.128. The lowest BCUT2D eigenvalue weighted by Gasteiger charge is -2.41. The maximum absolute atomic E-state index is 13.1. The monoisotopic (exact) mass is 436 g/mol. The molecule has 8 heteroatoms. The van der Waals surface area contributed by atoms with Gasteiger partial charge in [0.2, 0.25) is 11.7 Å². The Kier molecular flexibility index (Phi) is 5.71. The first-order chi connectivity index (χ1) is 15.3. The molecule has 0 aliphatic carbocycles. The Labute approximate surface area is 185 Å². The molecule has 0 bridgehead atoms. The van der Waals surface area contributed by atoms with Crippen molar-refractivity contribution < 1.29 is 28.3 Å². The second-order valence-corrected chi connectivity index (χ2v) is 7.88. The van der Waals surface area contributed by atoms with E-state index >= 15 is 0 Å². The molecule has 166 valence electrons. The van der Waals surface area contributed by atoms with Gasteiger partial charge in [-0.3, -0.25) is 14.5 Å². The summed E-state index contributed by atoms with van der Waals surface area (Å²) in [5.74, 6) is -1.61. The number of carbonyl (C=O) groups excluding carboxylic acids is 3. The summed E-state index contributed by atoms with van der Waals surface area (Å²) in [5.41, 5.74) is 1.01. The molecule has 1 aliphatic rings. The van der Waals surface area contributed by atoms with Crippen molar-refractivity contribution in [3.63, 3.8) is 0 Å². The van der Waals surface area contributed by atoms with Crippen LogP contribution in [0.15, 0.2) is 52.9 Å². The summed E-state index contributed by atoms with van der Waals surface area (Å²) < 4.78 is 16.5. The predicted octanol–water partition coefficient (Wildman–Crippen LogP) is 3.89. The quantitative estimate of drug-likeness (QED) is 0.589. The average molecular weight is 436 g/mol. The minimum Gasteiger partial charge on any atom is -0.450 e. The third-order valence-electron chi connectivity index (χ3n) is 5.42. The van der Waals surface area contributed by atoms with Gasteiger partial charge in [-0.2, -0.15) is 0 Å². The molecular formula is C24H24N2O6. The highest BCUT2D eigenvalue weighted by atomic mass is 16.5. The minimum atomic E-state index is -1.16. The number of ether oxygens (including phenoxy) is 2. The highest BCUT2D eigenvalue weighted by Crippen LogP contribution is 2.36. The second kappa shape index (κ2) is 8.47. The topological polar surface area (TPSA) is 98.1 Å². The number of esters is 1. The van der Waals surface area contributed by atoms with Crippen molar-refractivity contribution in [3.05, 3.63) is 59.9 Å². The lowest BCUT2D eigenvalue weighted by atomic mass is 9.96. The molecule has 2 aromatic carbocycles. The number of furan rings is 1. The molecule has 0 fully saturated rings. The van der Waals surface area contributed by atoms with Crippen molar-refractivity contribution in [2.45, 2.75) is 32.9 Å². The summed E-state index contributed by atoms with van der Waals surface area (Å²) in [7, 11) is 0. The van der Waals surface area contributed by atoms with Crippen LogP contribution >= 0.6 is 0 Å². The highest BCUT2D eigenvalue weighted by Gasteiger charge is 2.43. The highest BCUT2D eigenvalue weighted by molar-refractivity contribution is 6.14. The molecule has 4 rings (SSSR count). The van der Waals surface area contributed by atoms with E-state index in [-0.39, 0.29) is 18.3 Å². The van der Waals surface area contributed by atoms with Crippen LogP contribution in [0.1, 0.15) is 36.9 Å². The molecule has 2 amide bonds. The lowest BCUT2D eigenvalue weighted by Crippen LogP contribution is -2.59. The van der Waals surface area contributed by atoms with E-state index in [0.717, 1.165) is 5.39 Å². The van der Waals surface area contributed by atoms with E-state index in [1.54, 1.807) is 50.2 Å². The summed E-state index contributed by atoms with van der Waals surface area (Å²) in [6.07, 6.45) is 0. The van der Waals surface area contributed by atoms with Crippen LogP contribution in [-0.4, -0.2) is 36.5 Å². The number of hydrogen-bond donors (Lipinski definition) is 1. The molecule has 1 aromatic heterocycles. The average Bonchev–Trinajstić information content (AvgIpc) is 3.15. The van der Waals surface area contributed by atoms with Crippen LogP contribution in [0.4, 0.5) is 11.4 Å². The maximum Gasteiger partial charge on any atom is 0.375 e. The van der Waals surface area contributed by atoms with Gasteiger partial charge in [0, 0.05) is 17.6 Å². The minimum absolute atomic E-state index is 0.00324. The normalized spacial score (nSPS) is 14.7. The predicted molar refractivity (Wildman–Crippen MR) is 118 cm³/mol. The molecular weight excluding hydrogens is 412 g/mol. The Morgan fingerprint density at radius 3 is 2.59 bits per heavy atom. The molecule has 0 radical (unpaired) electrons. The molecule has 32 heavy (non-hydrogen) atoms. The first-order valence-corrected chi connectivity index (χ1v) is 10.3. The van der Waals surface area contributed by atoms with E-state index in [1.807, 2.05) is 19.1 Å². The number of anilines is 2. The molecule has 0 unspecified atom stereocenters. The number of carbonyl (C=O) groups is 3. The van der Waals surface area contributed by atoms with Gasteiger partial charge in [-0.1, -0.05) is 30.3 Å². The van der Waals surface area contributed by atoms with Crippen LogP contribution < -0.4 is 10.2 Å². The van der Waals surface area contributed by atoms with E-state index in [1.165, 1.54) is 4.90 Å². The van der Waals surface area contributed by atoms with Crippen molar-refractivity contribution >= 4 is 40.1 Å². The van der Waals surface area contributed by atoms with Gasteiger partial charge >= 0.3 is 5.97 Å². The second-order valence-electron chi connectivity index (χ2n) is 7.88. The number of benzene rings is 2. The molecule has 3 aromatic rings. The Balaban J connectivity index is 1.57. The van der Waals surface area contributed by atoms with E-state index in [9.17, 15) is 14.4 Å². The Morgan fingerprint density at radius 2 is 1.81 bits per heavy atom. The fourth-order valence-electron chi connectivity index (χ4n) is 3.77. The van der Waals surface area contributed by atoms with Crippen molar-refractivity contribution in [1.82, 2.24) is 0 Å². The number of para-hydroxylation sites is 3. The molecule has 1 N–H and O–H groups in total. The molecule has 1 aliphatic heterocycles. The van der Waals surface area contributed by atoms with Gasteiger partial charge in [0.1, 0.15) is 11.1 Å².